The van der Waals surface area contributed by atoms with Crippen molar-refractivity contribution < 1.29 is 4.74 Å². The molecule has 114 valence electrons. The molecule has 0 saturated heterocycles. The van der Waals surface area contributed by atoms with E-state index in [9.17, 15) is 0 Å². The molecule has 0 spiro atoms. The van der Waals surface area contributed by atoms with Crippen molar-refractivity contribution in [2.45, 2.75) is 13.0 Å². The van der Waals surface area contributed by atoms with Crippen LogP contribution in [0.25, 0.3) is 0 Å². The molecule has 1 atom stereocenters. The Bertz CT molecular complexity index is 551. The highest BCUT2D eigenvalue weighted by atomic mass is 32.1. The van der Waals surface area contributed by atoms with Crippen LogP contribution in [0.15, 0.2) is 29.6 Å². The monoisotopic (exact) mass is 305 g/mol. The number of anilines is 1. The Balaban J connectivity index is 2.21. The summed E-state index contributed by atoms with van der Waals surface area (Å²) in [5.74, 6) is 0. The fourth-order valence-electron chi connectivity index (χ4n) is 2.12. The van der Waals surface area contributed by atoms with Crippen LogP contribution in [0, 0.1) is 6.92 Å². The highest BCUT2D eigenvalue weighted by Gasteiger charge is 2.16. The number of aromatic nitrogens is 1. The molecule has 0 radical (unpaired) electrons. The van der Waals surface area contributed by atoms with Gasteiger partial charge in [0.15, 0.2) is 0 Å². The summed E-state index contributed by atoms with van der Waals surface area (Å²) in [6.45, 7) is 3.52. The summed E-state index contributed by atoms with van der Waals surface area (Å²) in [6, 6.07) is 8.73. The second-order valence-electron chi connectivity index (χ2n) is 5.19. The Morgan fingerprint density at radius 3 is 2.52 bits per heavy atom. The van der Waals surface area contributed by atoms with Gasteiger partial charge >= 0.3 is 0 Å². The molecule has 2 aromatic rings. The third kappa shape index (κ3) is 4.27. The molecule has 0 bridgehead atoms. The molecule has 2 rings (SSSR count). The number of rotatable bonds is 7. The Labute approximate surface area is 130 Å². The molecule has 1 aromatic carbocycles. The molecule has 0 amide bonds. The van der Waals surface area contributed by atoms with E-state index in [-0.39, 0.29) is 6.04 Å². The first-order chi connectivity index (χ1) is 10.1. The first-order valence-electron chi connectivity index (χ1n) is 7.03. The summed E-state index contributed by atoms with van der Waals surface area (Å²) in [6.07, 6.45) is 0. The Kier molecular flexibility index (Phi) is 5.73. The van der Waals surface area contributed by atoms with E-state index in [2.05, 4.69) is 44.8 Å². The molecular weight excluding hydrogens is 282 g/mol. The Morgan fingerprint density at radius 2 is 2.00 bits per heavy atom. The zero-order chi connectivity index (χ0) is 15.2. The van der Waals surface area contributed by atoms with Crippen LogP contribution in [-0.2, 0) is 4.74 Å². The van der Waals surface area contributed by atoms with E-state index >= 15 is 0 Å². The van der Waals surface area contributed by atoms with Gasteiger partial charge in [-0.25, -0.2) is 4.98 Å². The van der Waals surface area contributed by atoms with E-state index in [0.29, 0.717) is 6.61 Å². The summed E-state index contributed by atoms with van der Waals surface area (Å²) in [5, 5.41) is 6.71. The molecule has 0 aliphatic carbocycles. The lowest BCUT2D eigenvalue weighted by Crippen LogP contribution is -2.26. The van der Waals surface area contributed by atoms with Crippen LogP contribution < -0.4 is 10.2 Å². The number of aryl methyl sites for hydroxylation is 1. The molecule has 5 heteroatoms. The zero-order valence-corrected chi connectivity index (χ0v) is 13.9. The fourth-order valence-corrected chi connectivity index (χ4v) is 3.02. The normalized spacial score (nSPS) is 12.4. The predicted molar refractivity (Wildman–Crippen MR) is 89.3 cm³/mol. The van der Waals surface area contributed by atoms with E-state index in [1.807, 2.05) is 21.0 Å². The lowest BCUT2D eigenvalue weighted by atomic mass is 10.1. The van der Waals surface area contributed by atoms with Crippen LogP contribution in [-0.4, -0.2) is 39.3 Å². The molecule has 1 unspecified atom stereocenters. The average molecular weight is 305 g/mol. The lowest BCUT2D eigenvalue weighted by Gasteiger charge is -2.19. The second-order valence-corrected chi connectivity index (χ2v) is 6.08. The minimum atomic E-state index is 0.120. The SMILES string of the molecule is COCCNC(c1ccc(N(C)C)cc1)c1nc(C)cs1. The maximum absolute atomic E-state index is 5.13. The Hall–Kier alpha value is -1.43. The van der Waals surface area contributed by atoms with E-state index in [0.717, 1.165) is 17.2 Å². The minimum absolute atomic E-state index is 0.120. The summed E-state index contributed by atoms with van der Waals surface area (Å²) in [4.78, 5) is 6.73. The summed E-state index contributed by atoms with van der Waals surface area (Å²) in [5.41, 5.74) is 3.49. The van der Waals surface area contributed by atoms with Gasteiger partial charge in [0.05, 0.1) is 12.6 Å². The predicted octanol–water partition coefficient (Wildman–Crippen LogP) is 2.84. The van der Waals surface area contributed by atoms with Crippen LogP contribution in [0.4, 0.5) is 5.69 Å². The van der Waals surface area contributed by atoms with Gasteiger partial charge in [-0.1, -0.05) is 12.1 Å². The number of nitrogens with zero attached hydrogens (tertiary/aromatic N) is 2. The van der Waals surface area contributed by atoms with Gasteiger partial charge in [-0.3, -0.25) is 0 Å². The van der Waals surface area contributed by atoms with Crippen LogP contribution >= 0.6 is 11.3 Å². The highest BCUT2D eigenvalue weighted by molar-refractivity contribution is 7.09. The van der Waals surface area contributed by atoms with Crippen LogP contribution in [0.1, 0.15) is 22.3 Å². The van der Waals surface area contributed by atoms with Crippen molar-refractivity contribution in [1.82, 2.24) is 10.3 Å². The second kappa shape index (κ2) is 7.54. The molecule has 4 nitrogen and oxygen atoms in total. The quantitative estimate of drug-likeness (QED) is 0.798. The van der Waals surface area contributed by atoms with Gasteiger partial charge in [-0.15, -0.1) is 11.3 Å². The van der Waals surface area contributed by atoms with Gasteiger partial charge in [-0.05, 0) is 24.6 Å². The topological polar surface area (TPSA) is 37.4 Å². The number of hydrogen-bond acceptors (Lipinski definition) is 5. The van der Waals surface area contributed by atoms with Crippen molar-refractivity contribution in [2.24, 2.45) is 0 Å². The summed E-state index contributed by atoms with van der Waals surface area (Å²) in [7, 11) is 5.82. The van der Waals surface area contributed by atoms with Gasteiger partial charge in [0.1, 0.15) is 5.01 Å². The zero-order valence-electron chi connectivity index (χ0n) is 13.1. The van der Waals surface area contributed by atoms with Crippen LogP contribution in [0.5, 0.6) is 0 Å². The standard InChI is InChI=1S/C16H23N3OS/c1-12-11-21-16(18-12)15(17-9-10-20-4)13-5-7-14(8-6-13)19(2)3/h5-8,11,15,17H,9-10H2,1-4H3. The first kappa shape index (κ1) is 15.9. The van der Waals surface area contributed by atoms with Gasteiger partial charge in [0.2, 0.25) is 0 Å². The third-order valence-electron chi connectivity index (χ3n) is 3.28. The van der Waals surface area contributed by atoms with Crippen LogP contribution in [0.2, 0.25) is 0 Å². The first-order valence-corrected chi connectivity index (χ1v) is 7.91. The molecule has 1 aromatic heterocycles. The highest BCUT2D eigenvalue weighted by Crippen LogP contribution is 2.26. The van der Waals surface area contributed by atoms with Gasteiger partial charge in [0.25, 0.3) is 0 Å². The molecule has 0 aliphatic heterocycles. The maximum Gasteiger partial charge on any atom is 0.114 e. The van der Waals surface area contributed by atoms with Gasteiger partial charge < -0.3 is 15.0 Å². The number of benzene rings is 1. The van der Waals surface area contributed by atoms with Crippen molar-refractivity contribution in [3.63, 3.8) is 0 Å². The summed E-state index contributed by atoms with van der Waals surface area (Å²) >= 11 is 1.70. The maximum atomic E-state index is 5.13. The summed E-state index contributed by atoms with van der Waals surface area (Å²) < 4.78 is 5.13. The largest absolute Gasteiger partial charge is 0.383 e. The number of methoxy groups -OCH3 is 1. The van der Waals surface area contributed by atoms with Crippen LogP contribution in [0.3, 0.4) is 0 Å². The van der Waals surface area contributed by atoms with Gasteiger partial charge in [0, 0.05) is 44.5 Å². The van der Waals surface area contributed by atoms with E-state index < -0.39 is 0 Å². The van der Waals surface area contributed by atoms with Crippen molar-refractivity contribution >= 4 is 17.0 Å². The smallest absolute Gasteiger partial charge is 0.114 e. The number of nitrogens with one attached hydrogen (secondary N) is 1. The van der Waals surface area contributed by atoms with E-state index in [1.54, 1.807) is 18.4 Å². The van der Waals surface area contributed by atoms with Crippen molar-refractivity contribution in [3.8, 4) is 0 Å². The molecule has 0 saturated carbocycles. The van der Waals surface area contributed by atoms with E-state index in [1.165, 1.54) is 11.3 Å². The third-order valence-corrected chi connectivity index (χ3v) is 4.31. The van der Waals surface area contributed by atoms with Crippen molar-refractivity contribution in [3.05, 3.63) is 45.9 Å². The lowest BCUT2D eigenvalue weighted by molar-refractivity contribution is 0.197. The molecule has 0 fully saturated rings. The number of ether oxygens (including phenoxy) is 1. The molecule has 21 heavy (non-hydrogen) atoms. The van der Waals surface area contributed by atoms with Crippen molar-refractivity contribution in [2.75, 3.05) is 39.3 Å². The van der Waals surface area contributed by atoms with E-state index in [4.69, 9.17) is 4.74 Å². The number of hydrogen-bond donors (Lipinski definition) is 1. The Morgan fingerprint density at radius 1 is 1.29 bits per heavy atom. The van der Waals surface area contributed by atoms with Gasteiger partial charge in [-0.2, -0.15) is 0 Å². The minimum Gasteiger partial charge on any atom is -0.383 e. The molecular formula is C16H23N3OS. The molecule has 1 N–H and O–H groups in total. The fraction of sp³-hybridized carbons (Fsp3) is 0.438. The molecule has 1 heterocycles. The van der Waals surface area contributed by atoms with Crippen molar-refractivity contribution in [1.29, 1.82) is 0 Å². The number of thiazole rings is 1. The average Bonchev–Trinajstić information content (AvgIpc) is 2.90. The molecule has 0 aliphatic rings.